The van der Waals surface area contributed by atoms with E-state index in [1.807, 2.05) is 5.38 Å². The minimum Gasteiger partial charge on any atom is -0.375 e. The highest BCUT2D eigenvalue weighted by Crippen LogP contribution is 2.09. The van der Waals surface area contributed by atoms with Crippen molar-refractivity contribution >= 4 is 16.5 Å². The summed E-state index contributed by atoms with van der Waals surface area (Å²) in [6.07, 6.45) is 0. The number of hydrogen-bond acceptors (Lipinski definition) is 4. The summed E-state index contributed by atoms with van der Waals surface area (Å²) in [5, 5.41) is 2.44. The second-order valence-corrected chi connectivity index (χ2v) is 2.27. The SMILES string of the molecule is NCc1csc(N)n1. The monoisotopic (exact) mass is 129 g/mol. The van der Waals surface area contributed by atoms with E-state index in [9.17, 15) is 0 Å². The average molecular weight is 129 g/mol. The fourth-order valence-electron chi connectivity index (χ4n) is 0.416. The van der Waals surface area contributed by atoms with Crippen molar-refractivity contribution in [2.24, 2.45) is 5.73 Å². The van der Waals surface area contributed by atoms with Crippen molar-refractivity contribution in [1.82, 2.24) is 4.98 Å². The first-order chi connectivity index (χ1) is 3.83. The largest absolute Gasteiger partial charge is 0.375 e. The summed E-state index contributed by atoms with van der Waals surface area (Å²) in [5.41, 5.74) is 11.4. The minimum atomic E-state index is 0.480. The van der Waals surface area contributed by atoms with Gasteiger partial charge in [-0.3, -0.25) is 0 Å². The van der Waals surface area contributed by atoms with Crippen LogP contribution in [0.25, 0.3) is 0 Å². The molecule has 0 spiro atoms. The highest BCUT2D eigenvalue weighted by Gasteiger charge is 1.92. The van der Waals surface area contributed by atoms with Gasteiger partial charge in [-0.25, -0.2) is 4.98 Å². The molecule has 44 valence electrons. The molecule has 1 rings (SSSR count). The molecular formula is C4H7N3S. The molecule has 8 heavy (non-hydrogen) atoms. The van der Waals surface area contributed by atoms with Crippen molar-refractivity contribution in [2.45, 2.75) is 6.54 Å². The first kappa shape index (κ1) is 5.53. The van der Waals surface area contributed by atoms with Gasteiger partial charge in [0.1, 0.15) is 0 Å². The molecule has 0 aliphatic heterocycles. The Kier molecular flexibility index (Phi) is 1.45. The van der Waals surface area contributed by atoms with Crippen molar-refractivity contribution in [3.8, 4) is 0 Å². The highest BCUT2D eigenvalue weighted by atomic mass is 32.1. The molecule has 0 fully saturated rings. The van der Waals surface area contributed by atoms with E-state index >= 15 is 0 Å². The highest BCUT2D eigenvalue weighted by molar-refractivity contribution is 7.13. The van der Waals surface area contributed by atoms with Crippen LogP contribution in [0, 0.1) is 0 Å². The van der Waals surface area contributed by atoms with E-state index in [4.69, 9.17) is 11.5 Å². The van der Waals surface area contributed by atoms with Crippen molar-refractivity contribution in [3.63, 3.8) is 0 Å². The Labute approximate surface area is 51.3 Å². The zero-order valence-electron chi connectivity index (χ0n) is 4.29. The molecule has 4 N–H and O–H groups in total. The number of nitrogens with zero attached hydrogens (tertiary/aromatic N) is 1. The fraction of sp³-hybridized carbons (Fsp3) is 0.250. The van der Waals surface area contributed by atoms with E-state index in [1.165, 1.54) is 11.3 Å². The summed E-state index contributed by atoms with van der Waals surface area (Å²) >= 11 is 1.42. The van der Waals surface area contributed by atoms with Gasteiger partial charge in [-0.15, -0.1) is 11.3 Å². The Morgan fingerprint density at radius 2 is 2.50 bits per heavy atom. The normalized spacial score (nSPS) is 9.62. The van der Waals surface area contributed by atoms with Gasteiger partial charge in [-0.05, 0) is 0 Å². The standard InChI is InChI=1S/C4H7N3S/c5-1-3-2-8-4(6)7-3/h2H,1,5H2,(H2,6,7). The number of rotatable bonds is 1. The topological polar surface area (TPSA) is 64.9 Å². The number of hydrogen-bond donors (Lipinski definition) is 2. The van der Waals surface area contributed by atoms with Gasteiger partial charge in [0.2, 0.25) is 0 Å². The molecule has 0 saturated carbocycles. The third-order valence-electron chi connectivity index (χ3n) is 0.779. The zero-order chi connectivity index (χ0) is 5.98. The smallest absolute Gasteiger partial charge is 0.180 e. The third-order valence-corrected chi connectivity index (χ3v) is 1.50. The molecule has 3 nitrogen and oxygen atoms in total. The van der Waals surface area contributed by atoms with Crippen LogP contribution in [0.15, 0.2) is 5.38 Å². The molecule has 0 saturated heterocycles. The van der Waals surface area contributed by atoms with Gasteiger partial charge in [0, 0.05) is 11.9 Å². The molecule has 0 radical (unpaired) electrons. The summed E-state index contributed by atoms with van der Waals surface area (Å²) < 4.78 is 0. The Morgan fingerprint density at radius 3 is 2.75 bits per heavy atom. The molecule has 1 aromatic rings. The summed E-state index contributed by atoms with van der Waals surface area (Å²) in [5.74, 6) is 0. The summed E-state index contributed by atoms with van der Waals surface area (Å²) in [6, 6.07) is 0. The predicted octanol–water partition coefficient (Wildman–Crippen LogP) is 0.184. The zero-order valence-corrected chi connectivity index (χ0v) is 5.11. The second kappa shape index (κ2) is 2.11. The van der Waals surface area contributed by atoms with Gasteiger partial charge in [0.05, 0.1) is 5.69 Å². The van der Waals surface area contributed by atoms with Gasteiger partial charge in [-0.2, -0.15) is 0 Å². The third kappa shape index (κ3) is 0.962. The van der Waals surface area contributed by atoms with Crippen LogP contribution >= 0.6 is 11.3 Å². The minimum absolute atomic E-state index is 0.480. The maximum Gasteiger partial charge on any atom is 0.180 e. The van der Waals surface area contributed by atoms with Crippen molar-refractivity contribution in [2.75, 3.05) is 5.73 Å². The number of nitrogens with two attached hydrogens (primary N) is 2. The van der Waals surface area contributed by atoms with Crippen LogP contribution in [0.3, 0.4) is 0 Å². The maximum atomic E-state index is 5.31. The van der Waals surface area contributed by atoms with E-state index in [2.05, 4.69) is 4.98 Å². The Morgan fingerprint density at radius 1 is 1.75 bits per heavy atom. The van der Waals surface area contributed by atoms with Gasteiger partial charge >= 0.3 is 0 Å². The molecule has 4 heteroatoms. The molecule has 1 aromatic heterocycles. The number of thiazole rings is 1. The quantitative estimate of drug-likeness (QED) is 0.568. The van der Waals surface area contributed by atoms with Crippen LogP contribution in [-0.2, 0) is 6.54 Å². The van der Waals surface area contributed by atoms with Crippen molar-refractivity contribution in [1.29, 1.82) is 0 Å². The fourth-order valence-corrected chi connectivity index (χ4v) is 0.992. The second-order valence-electron chi connectivity index (χ2n) is 1.38. The summed E-state index contributed by atoms with van der Waals surface area (Å²) in [6.45, 7) is 0.480. The van der Waals surface area contributed by atoms with E-state index in [0.29, 0.717) is 11.7 Å². The maximum absolute atomic E-state index is 5.31. The lowest BCUT2D eigenvalue weighted by atomic mass is 10.5. The Balaban J connectivity index is 2.84. The molecule has 0 bridgehead atoms. The first-order valence-corrected chi connectivity index (χ1v) is 3.11. The van der Waals surface area contributed by atoms with Gasteiger partial charge in [-0.1, -0.05) is 0 Å². The van der Waals surface area contributed by atoms with E-state index < -0.39 is 0 Å². The first-order valence-electron chi connectivity index (χ1n) is 2.23. The number of anilines is 1. The summed E-state index contributed by atoms with van der Waals surface area (Å²) in [7, 11) is 0. The number of nitrogen functional groups attached to an aromatic ring is 1. The lowest BCUT2D eigenvalue weighted by Crippen LogP contribution is -1.96. The van der Waals surface area contributed by atoms with Crippen LogP contribution in [0.5, 0.6) is 0 Å². The average Bonchev–Trinajstić information content (AvgIpc) is 2.14. The van der Waals surface area contributed by atoms with Crippen molar-refractivity contribution in [3.05, 3.63) is 11.1 Å². The number of aromatic nitrogens is 1. The predicted molar refractivity (Wildman–Crippen MR) is 34.4 cm³/mol. The lowest BCUT2D eigenvalue weighted by Gasteiger charge is -1.80. The molecule has 0 unspecified atom stereocenters. The Bertz CT molecular complexity index is 172. The van der Waals surface area contributed by atoms with E-state index in [0.717, 1.165) is 5.69 Å². The molecule has 0 aliphatic carbocycles. The Hall–Kier alpha value is -0.610. The van der Waals surface area contributed by atoms with Gasteiger partial charge in [0.15, 0.2) is 5.13 Å². The molecule has 0 aliphatic rings. The molecule has 0 atom stereocenters. The van der Waals surface area contributed by atoms with Crippen LogP contribution in [-0.4, -0.2) is 4.98 Å². The van der Waals surface area contributed by atoms with E-state index in [-0.39, 0.29) is 0 Å². The summed E-state index contributed by atoms with van der Waals surface area (Å²) in [4.78, 5) is 3.90. The molecular weight excluding hydrogens is 122 g/mol. The molecule has 0 amide bonds. The van der Waals surface area contributed by atoms with Crippen LogP contribution in [0.2, 0.25) is 0 Å². The van der Waals surface area contributed by atoms with Gasteiger partial charge in [0.25, 0.3) is 0 Å². The van der Waals surface area contributed by atoms with Crippen molar-refractivity contribution < 1.29 is 0 Å². The van der Waals surface area contributed by atoms with Crippen LogP contribution in [0.1, 0.15) is 5.69 Å². The molecule has 0 aromatic carbocycles. The van der Waals surface area contributed by atoms with Gasteiger partial charge < -0.3 is 11.5 Å². The van der Waals surface area contributed by atoms with Crippen LogP contribution < -0.4 is 11.5 Å². The lowest BCUT2D eigenvalue weighted by molar-refractivity contribution is 1.01. The van der Waals surface area contributed by atoms with Crippen LogP contribution in [0.4, 0.5) is 5.13 Å². The van der Waals surface area contributed by atoms with E-state index in [1.54, 1.807) is 0 Å². The molecule has 1 heterocycles.